The zero-order valence-corrected chi connectivity index (χ0v) is 19.2. The van der Waals surface area contributed by atoms with Crippen LogP contribution >= 0.6 is 11.6 Å². The highest BCUT2D eigenvalue weighted by molar-refractivity contribution is 6.30. The maximum atomic E-state index is 13.1. The standard InChI is InChI=1S/C23H31ClN2O5/c1-22(2,19-12-30-7-6-26(19)21(28)29)10-16-9-17(24)8-15-4-5-25(11-18(15)16)20(27)23(3)13-31-14-23/h8-9,19H,4-7,10-14H2,1-3H3,(H,28,29)/t19-/m0/s1. The number of hydrogen-bond donors (Lipinski definition) is 1. The Morgan fingerprint density at radius 3 is 2.65 bits per heavy atom. The highest BCUT2D eigenvalue weighted by atomic mass is 35.5. The zero-order chi connectivity index (χ0) is 22.4. The summed E-state index contributed by atoms with van der Waals surface area (Å²) in [7, 11) is 0. The topological polar surface area (TPSA) is 79.3 Å². The maximum Gasteiger partial charge on any atom is 0.407 e. The molecule has 7 nitrogen and oxygen atoms in total. The van der Waals surface area contributed by atoms with Crippen LogP contribution < -0.4 is 0 Å². The van der Waals surface area contributed by atoms with Crippen LogP contribution in [0.5, 0.6) is 0 Å². The average molecular weight is 451 g/mol. The summed E-state index contributed by atoms with van der Waals surface area (Å²) >= 11 is 6.45. The van der Waals surface area contributed by atoms with Crippen molar-refractivity contribution in [3.63, 3.8) is 0 Å². The second-order valence-electron chi connectivity index (χ2n) is 9.96. The normalized spacial score (nSPS) is 23.2. The number of hydrogen-bond acceptors (Lipinski definition) is 4. The van der Waals surface area contributed by atoms with E-state index in [-0.39, 0.29) is 17.4 Å². The number of halogens is 1. The van der Waals surface area contributed by atoms with E-state index >= 15 is 0 Å². The van der Waals surface area contributed by atoms with Crippen LogP contribution in [0.1, 0.15) is 37.5 Å². The van der Waals surface area contributed by atoms with Gasteiger partial charge in [-0.15, -0.1) is 0 Å². The first-order valence-electron chi connectivity index (χ1n) is 10.9. The summed E-state index contributed by atoms with van der Waals surface area (Å²) < 4.78 is 10.9. The molecule has 31 heavy (non-hydrogen) atoms. The molecular formula is C23H31ClN2O5. The lowest BCUT2D eigenvalue weighted by Gasteiger charge is -2.44. The van der Waals surface area contributed by atoms with Crippen LogP contribution in [-0.2, 0) is 33.7 Å². The Labute approximate surface area is 188 Å². The van der Waals surface area contributed by atoms with Crippen LogP contribution in [0, 0.1) is 10.8 Å². The lowest BCUT2D eigenvalue weighted by Crippen LogP contribution is -2.55. The molecule has 3 heterocycles. The van der Waals surface area contributed by atoms with Gasteiger partial charge in [-0.25, -0.2) is 4.79 Å². The molecule has 170 valence electrons. The summed E-state index contributed by atoms with van der Waals surface area (Å²) in [5.74, 6) is 0.141. The molecule has 1 aromatic carbocycles. The van der Waals surface area contributed by atoms with Gasteiger partial charge in [-0.2, -0.15) is 0 Å². The van der Waals surface area contributed by atoms with Gasteiger partial charge in [-0.05, 0) is 54.0 Å². The Bertz CT molecular complexity index is 883. The van der Waals surface area contributed by atoms with Crippen molar-refractivity contribution < 1.29 is 24.2 Å². The van der Waals surface area contributed by atoms with Crippen molar-refractivity contribution in [2.75, 3.05) is 39.5 Å². The molecule has 1 N–H and O–H groups in total. The van der Waals surface area contributed by atoms with E-state index in [1.165, 1.54) is 10.5 Å². The predicted molar refractivity (Wildman–Crippen MR) is 116 cm³/mol. The molecule has 3 aliphatic heterocycles. The van der Waals surface area contributed by atoms with Gasteiger partial charge in [0.15, 0.2) is 0 Å². The van der Waals surface area contributed by atoms with Gasteiger partial charge < -0.3 is 24.4 Å². The number of morpholine rings is 1. The molecule has 8 heteroatoms. The second-order valence-corrected chi connectivity index (χ2v) is 10.4. The molecule has 0 bridgehead atoms. The van der Waals surface area contributed by atoms with Crippen LogP contribution in [0.2, 0.25) is 5.02 Å². The largest absolute Gasteiger partial charge is 0.465 e. The minimum atomic E-state index is -0.915. The molecule has 2 saturated heterocycles. The van der Waals surface area contributed by atoms with Crippen molar-refractivity contribution >= 4 is 23.6 Å². The fraction of sp³-hybridized carbons (Fsp3) is 0.652. The Morgan fingerprint density at radius 2 is 2.00 bits per heavy atom. The van der Waals surface area contributed by atoms with Gasteiger partial charge >= 0.3 is 6.09 Å². The van der Waals surface area contributed by atoms with Crippen LogP contribution in [0.4, 0.5) is 4.79 Å². The van der Waals surface area contributed by atoms with Crippen LogP contribution in [0.25, 0.3) is 0 Å². The van der Waals surface area contributed by atoms with Crippen molar-refractivity contribution in [1.29, 1.82) is 0 Å². The van der Waals surface area contributed by atoms with E-state index in [1.54, 1.807) is 0 Å². The Morgan fingerprint density at radius 1 is 1.26 bits per heavy atom. The summed E-state index contributed by atoms with van der Waals surface area (Å²) in [6.45, 7) is 9.47. The summed E-state index contributed by atoms with van der Waals surface area (Å²) in [4.78, 5) is 28.3. The monoisotopic (exact) mass is 450 g/mol. The number of carbonyl (C=O) groups is 2. The molecular weight excluding hydrogens is 420 g/mol. The Hall–Kier alpha value is -1.83. The molecule has 0 spiro atoms. The molecule has 0 unspecified atom stereocenters. The van der Waals surface area contributed by atoms with Crippen molar-refractivity contribution in [2.24, 2.45) is 10.8 Å². The fourth-order valence-corrected chi connectivity index (χ4v) is 5.30. The Kier molecular flexibility index (Phi) is 5.96. The Balaban J connectivity index is 1.60. The van der Waals surface area contributed by atoms with Crippen molar-refractivity contribution in [2.45, 2.75) is 46.2 Å². The molecule has 4 rings (SSSR count). The third-order valence-electron chi connectivity index (χ3n) is 6.97. The first-order valence-corrected chi connectivity index (χ1v) is 11.2. The third kappa shape index (κ3) is 4.28. The third-order valence-corrected chi connectivity index (χ3v) is 7.18. The molecule has 2 fully saturated rings. The number of fused-ring (bicyclic) bond motifs is 1. The van der Waals surface area contributed by atoms with Crippen molar-refractivity contribution in [3.8, 4) is 0 Å². The summed E-state index contributed by atoms with van der Waals surface area (Å²) in [5.41, 5.74) is 2.60. The summed E-state index contributed by atoms with van der Waals surface area (Å²) in [6, 6.07) is 3.72. The maximum absolute atomic E-state index is 13.1. The van der Waals surface area contributed by atoms with Crippen LogP contribution in [0.3, 0.4) is 0 Å². The molecule has 1 atom stereocenters. The zero-order valence-electron chi connectivity index (χ0n) is 18.4. The first-order chi connectivity index (χ1) is 14.6. The molecule has 0 saturated carbocycles. The van der Waals surface area contributed by atoms with Crippen LogP contribution in [-0.4, -0.2) is 72.5 Å². The summed E-state index contributed by atoms with van der Waals surface area (Å²) in [5, 5.41) is 10.3. The lowest BCUT2D eigenvalue weighted by molar-refractivity contribution is -0.169. The molecule has 0 radical (unpaired) electrons. The van der Waals surface area contributed by atoms with Gasteiger partial charge in [0.05, 0.1) is 37.9 Å². The minimum Gasteiger partial charge on any atom is -0.465 e. The average Bonchev–Trinajstić information content (AvgIpc) is 2.71. The van der Waals surface area contributed by atoms with E-state index in [9.17, 15) is 14.7 Å². The van der Waals surface area contributed by atoms with Crippen molar-refractivity contribution in [3.05, 3.63) is 33.8 Å². The van der Waals surface area contributed by atoms with Gasteiger partial charge in [0.1, 0.15) is 0 Å². The predicted octanol–water partition coefficient (Wildman–Crippen LogP) is 3.21. The highest BCUT2D eigenvalue weighted by Gasteiger charge is 2.45. The van der Waals surface area contributed by atoms with Gasteiger partial charge in [-0.3, -0.25) is 4.79 Å². The molecule has 2 amide bonds. The number of benzene rings is 1. The molecule has 3 aliphatic rings. The second kappa shape index (κ2) is 8.26. The molecule has 1 aromatic rings. The van der Waals surface area contributed by atoms with Gasteiger partial charge in [-0.1, -0.05) is 25.4 Å². The lowest BCUT2D eigenvalue weighted by atomic mass is 9.76. The van der Waals surface area contributed by atoms with E-state index in [1.807, 2.05) is 24.0 Å². The van der Waals surface area contributed by atoms with E-state index in [4.69, 9.17) is 21.1 Å². The summed E-state index contributed by atoms with van der Waals surface area (Å²) in [6.07, 6.45) is 0.498. The van der Waals surface area contributed by atoms with Crippen molar-refractivity contribution in [1.82, 2.24) is 9.80 Å². The van der Waals surface area contributed by atoms with Gasteiger partial charge in [0.2, 0.25) is 5.91 Å². The fourth-order valence-electron chi connectivity index (χ4n) is 5.04. The first kappa shape index (κ1) is 22.4. The number of carboxylic acid groups (broad SMARTS) is 1. The van der Waals surface area contributed by atoms with E-state index in [0.717, 1.165) is 17.5 Å². The SMILES string of the molecule is CC1(C(=O)N2CCc3cc(Cl)cc(CC(C)(C)[C@@H]4COCCN4C(=O)O)c3C2)COC1. The molecule has 0 aromatic heterocycles. The smallest absolute Gasteiger partial charge is 0.407 e. The number of rotatable bonds is 4. The van der Waals surface area contributed by atoms with Crippen LogP contribution in [0.15, 0.2) is 12.1 Å². The van der Waals surface area contributed by atoms with Gasteiger partial charge in [0, 0.05) is 24.7 Å². The number of ether oxygens (including phenoxy) is 2. The molecule has 0 aliphatic carbocycles. The van der Waals surface area contributed by atoms with E-state index < -0.39 is 11.5 Å². The van der Waals surface area contributed by atoms with E-state index in [0.29, 0.717) is 57.5 Å². The van der Waals surface area contributed by atoms with E-state index in [2.05, 4.69) is 13.8 Å². The highest BCUT2D eigenvalue weighted by Crippen LogP contribution is 2.37. The minimum absolute atomic E-state index is 0.141. The quantitative estimate of drug-likeness (QED) is 0.762. The number of nitrogens with zero attached hydrogens (tertiary/aromatic N) is 2. The van der Waals surface area contributed by atoms with Gasteiger partial charge in [0.25, 0.3) is 0 Å². The number of amides is 2. The number of carbonyl (C=O) groups excluding carboxylic acids is 1.